The maximum absolute atomic E-state index is 9.17. The van der Waals surface area contributed by atoms with Crippen LogP contribution in [0.15, 0.2) is 35.2 Å². The number of benzene rings is 3. The van der Waals surface area contributed by atoms with Crippen molar-refractivity contribution in [2.24, 2.45) is 0 Å². The Kier molecular flexibility index (Phi) is 13.8. The maximum atomic E-state index is 9.17. The molecule has 0 saturated carbocycles. The molecular formula is C58H84N6O3PS+. The van der Waals surface area contributed by atoms with E-state index in [9.17, 15) is 5.26 Å². The summed E-state index contributed by atoms with van der Waals surface area (Å²) in [5.74, 6) is 3.06. The molecule has 11 heteroatoms. The summed E-state index contributed by atoms with van der Waals surface area (Å²) >= 11 is 2.03. The van der Waals surface area contributed by atoms with Crippen LogP contribution in [0, 0.1) is 11.3 Å². The molecule has 0 spiro atoms. The van der Waals surface area contributed by atoms with Gasteiger partial charge in [0.05, 0.1) is 37.0 Å². The monoisotopic (exact) mass is 976 g/mol. The van der Waals surface area contributed by atoms with Gasteiger partial charge in [0.2, 0.25) is 5.36 Å². The van der Waals surface area contributed by atoms with Gasteiger partial charge in [-0.3, -0.25) is 0 Å². The standard InChI is InChI=1S/C58H84N6O3PS/c1-36(2)64(37(3)4)68(65-28-17-22-59)66-29-27-60(16)25-26-61-35-40(7)69-47-30-41(18-19-46(47)61)48-44-31-42-38(5)33-57(12,13)62-23-20-55(8,9)49(51(42)62)53(44)67-54-45(48)32-43-39(6)34-58(14,15)63-24-21-56(10,11)50(54)52(43)63/h18-19,30-32,36-40H,17,20-21,23-29,33-35H2,1-16H3/q+1. The van der Waals surface area contributed by atoms with Gasteiger partial charge in [0.15, 0.2) is 5.54 Å². The summed E-state index contributed by atoms with van der Waals surface area (Å²) in [7, 11) is 0.952. The van der Waals surface area contributed by atoms with Crippen LogP contribution in [0.5, 0.6) is 11.5 Å². The fourth-order valence-corrected chi connectivity index (χ4v) is 16.2. The van der Waals surface area contributed by atoms with Crippen molar-refractivity contribution < 1.29 is 13.8 Å². The van der Waals surface area contributed by atoms with Crippen LogP contribution in [-0.2, 0) is 19.9 Å². The quantitative estimate of drug-likeness (QED) is 0.0698. The zero-order chi connectivity index (χ0) is 49.7. The predicted octanol–water partition coefficient (Wildman–Crippen LogP) is 11.8. The Labute approximate surface area is 421 Å². The van der Waals surface area contributed by atoms with E-state index < -0.39 is 8.53 Å². The molecule has 4 unspecified atom stereocenters. The highest BCUT2D eigenvalue weighted by molar-refractivity contribution is 8.00. The van der Waals surface area contributed by atoms with Gasteiger partial charge in [0, 0.05) is 112 Å². The summed E-state index contributed by atoms with van der Waals surface area (Å²) in [4.78, 5) is 9.12. The van der Waals surface area contributed by atoms with E-state index in [1.54, 1.807) is 0 Å². The lowest BCUT2D eigenvalue weighted by Crippen LogP contribution is -2.58. The lowest BCUT2D eigenvalue weighted by Gasteiger charge is -2.54. The second kappa shape index (κ2) is 18.7. The number of anilines is 2. The van der Waals surface area contributed by atoms with Gasteiger partial charge in [0.25, 0.3) is 8.53 Å². The molecule has 0 saturated heterocycles. The molecule has 3 aromatic carbocycles. The van der Waals surface area contributed by atoms with Gasteiger partial charge < -0.3 is 28.5 Å². The Balaban J connectivity index is 1.13. The van der Waals surface area contributed by atoms with E-state index in [4.69, 9.17) is 13.8 Å². The highest BCUT2D eigenvalue weighted by Crippen LogP contribution is 2.59. The van der Waals surface area contributed by atoms with Crippen molar-refractivity contribution in [2.75, 3.05) is 69.3 Å². The molecule has 6 heterocycles. The Morgan fingerprint density at radius 3 is 2.28 bits per heavy atom. The van der Waals surface area contributed by atoms with Crippen LogP contribution >= 0.6 is 20.3 Å². The first kappa shape index (κ1) is 50.8. The highest BCUT2D eigenvalue weighted by atomic mass is 32.2. The molecule has 374 valence electrons. The summed E-state index contributed by atoms with van der Waals surface area (Å²) in [6, 6.07) is 15.4. The molecule has 0 aromatic heterocycles. The first-order chi connectivity index (χ1) is 32.5. The molecule has 9 nitrogen and oxygen atoms in total. The Morgan fingerprint density at radius 1 is 0.870 bits per heavy atom. The molecule has 9 rings (SSSR count). The third kappa shape index (κ3) is 9.09. The summed E-state index contributed by atoms with van der Waals surface area (Å²) < 4.78 is 25.5. The van der Waals surface area contributed by atoms with Gasteiger partial charge in [-0.25, -0.2) is 9.25 Å². The van der Waals surface area contributed by atoms with E-state index in [1.807, 2.05) is 11.8 Å². The Hall–Kier alpha value is -3.16. The van der Waals surface area contributed by atoms with Crippen LogP contribution in [0.2, 0.25) is 0 Å². The number of ether oxygens (including phenoxy) is 1. The van der Waals surface area contributed by atoms with Crippen molar-refractivity contribution in [3.63, 3.8) is 0 Å². The Morgan fingerprint density at radius 2 is 1.57 bits per heavy atom. The third-order valence-electron chi connectivity index (χ3n) is 16.7. The minimum atomic E-state index is -1.25. The number of nitriles is 1. The van der Waals surface area contributed by atoms with Gasteiger partial charge >= 0.3 is 0 Å². The van der Waals surface area contributed by atoms with Gasteiger partial charge in [-0.15, -0.1) is 11.8 Å². The van der Waals surface area contributed by atoms with Crippen molar-refractivity contribution >= 4 is 37.2 Å². The van der Waals surface area contributed by atoms with Crippen molar-refractivity contribution in [3.05, 3.63) is 74.3 Å². The molecule has 0 bridgehead atoms. The van der Waals surface area contributed by atoms with Crippen LogP contribution in [-0.4, -0.2) is 97.5 Å². The number of fused-ring (bicyclic) bond motifs is 5. The highest BCUT2D eigenvalue weighted by Gasteiger charge is 2.50. The molecule has 0 amide bonds. The van der Waals surface area contributed by atoms with Crippen molar-refractivity contribution in [1.82, 2.24) is 14.1 Å². The summed E-state index contributed by atoms with van der Waals surface area (Å²) in [5.41, 5.74) is 12.5. The molecule has 0 fully saturated rings. The zero-order valence-corrected chi connectivity index (χ0v) is 46.9. The normalized spacial score (nSPS) is 23.8. The molecule has 3 aromatic rings. The number of hydrogen-bond donors (Lipinski definition) is 0. The molecule has 0 aliphatic carbocycles. The second-order valence-electron chi connectivity index (χ2n) is 24.8. The topological polar surface area (TPSA) is 67.5 Å². The number of thioether (sulfide) groups is 1. The van der Waals surface area contributed by atoms with Crippen LogP contribution < -0.4 is 29.7 Å². The number of nitrogens with zero attached hydrogens (tertiary/aromatic N) is 6. The summed E-state index contributed by atoms with van der Waals surface area (Å²) in [6.07, 6.45) is 4.84. The molecular weight excluding hydrogens is 892 g/mol. The van der Waals surface area contributed by atoms with Crippen LogP contribution in [0.25, 0.3) is 5.57 Å². The number of hydrogen-bond acceptors (Lipinski definition) is 9. The number of likely N-dealkylation sites (N-methyl/N-ethyl adjacent to an activating group) is 1. The predicted molar refractivity (Wildman–Crippen MR) is 289 cm³/mol. The van der Waals surface area contributed by atoms with Crippen molar-refractivity contribution in [2.45, 2.75) is 192 Å². The lowest BCUT2D eigenvalue weighted by molar-refractivity contribution is 0.162. The van der Waals surface area contributed by atoms with Crippen molar-refractivity contribution in [1.29, 1.82) is 5.26 Å². The van der Waals surface area contributed by atoms with Gasteiger partial charge in [-0.05, 0) is 128 Å². The van der Waals surface area contributed by atoms with Gasteiger partial charge in [-0.2, -0.15) is 5.26 Å². The maximum Gasteiger partial charge on any atom is 0.259 e. The van der Waals surface area contributed by atoms with Gasteiger partial charge in [-0.1, -0.05) is 54.5 Å². The average Bonchev–Trinajstić information content (AvgIpc) is 3.24. The zero-order valence-electron chi connectivity index (χ0n) is 45.2. The van der Waals surface area contributed by atoms with E-state index in [0.29, 0.717) is 36.7 Å². The number of rotatable bonds is 14. The summed E-state index contributed by atoms with van der Waals surface area (Å²) in [5, 5.41) is 12.3. The van der Waals surface area contributed by atoms with E-state index in [-0.39, 0.29) is 34.0 Å². The van der Waals surface area contributed by atoms with Crippen LogP contribution in [0.4, 0.5) is 11.4 Å². The molecule has 6 aliphatic rings. The SMILES string of the molecule is CC1CN(CCN(C)CCOP(OCCC#N)N(C(C)C)C(C)C)c2ccc(C3=c4cc5c6c(c4Oc4c3cc3c7c4C(C)(C)CCN7C(C)(C)CC3C)C(C)(C)CC[N+]=6C(C)(C)CC5C)cc2S1. The van der Waals surface area contributed by atoms with E-state index in [0.717, 1.165) is 76.5 Å². The summed E-state index contributed by atoms with van der Waals surface area (Å²) in [6.45, 7) is 42.6. The fourth-order valence-electron chi connectivity index (χ4n) is 13.4. The van der Waals surface area contributed by atoms with E-state index in [2.05, 4.69) is 171 Å². The minimum Gasteiger partial charge on any atom is -0.455 e. The van der Waals surface area contributed by atoms with Crippen LogP contribution in [0.1, 0.15) is 181 Å². The molecule has 4 atom stereocenters. The largest absolute Gasteiger partial charge is 0.455 e. The second-order valence-corrected chi connectivity index (χ2v) is 27.7. The van der Waals surface area contributed by atoms with Gasteiger partial charge in [0.1, 0.15) is 18.0 Å². The van der Waals surface area contributed by atoms with E-state index in [1.165, 1.54) is 65.8 Å². The van der Waals surface area contributed by atoms with E-state index >= 15 is 0 Å². The molecule has 6 aliphatic heterocycles. The Bertz CT molecular complexity index is 2660. The molecule has 0 N–H and O–H groups in total. The smallest absolute Gasteiger partial charge is 0.259 e. The van der Waals surface area contributed by atoms with Crippen LogP contribution in [0.3, 0.4) is 0 Å². The third-order valence-corrected chi connectivity index (χ3v) is 20.0. The fraction of sp³-hybridized carbons (Fsp3) is 0.655. The minimum absolute atomic E-state index is 0.0526. The lowest BCUT2D eigenvalue weighted by atomic mass is 9.68. The molecule has 69 heavy (non-hydrogen) atoms. The first-order valence-corrected chi connectivity index (χ1v) is 28.5. The molecule has 0 radical (unpaired) electrons. The first-order valence-electron chi connectivity index (χ1n) is 26.4. The van der Waals surface area contributed by atoms with Crippen molar-refractivity contribution in [3.8, 4) is 17.6 Å². The average molecular weight is 976 g/mol.